The predicted octanol–water partition coefficient (Wildman–Crippen LogP) is 4.16. The molecule has 0 bridgehead atoms. The molecule has 51 heavy (non-hydrogen) atoms. The van der Waals surface area contributed by atoms with Crippen molar-refractivity contribution in [3.8, 4) is 0 Å². The highest BCUT2D eigenvalue weighted by molar-refractivity contribution is 5.94. The van der Waals surface area contributed by atoms with Crippen LogP contribution in [-0.4, -0.2) is 92.9 Å². The number of carbonyl (C=O) groups is 5. The zero-order chi connectivity index (χ0) is 35.5. The molecule has 0 spiro atoms. The minimum absolute atomic E-state index is 0.0249. The van der Waals surface area contributed by atoms with Crippen LogP contribution in [0.4, 0.5) is 10.5 Å². The van der Waals surface area contributed by atoms with Crippen LogP contribution in [0, 0.1) is 0 Å². The van der Waals surface area contributed by atoms with E-state index in [-0.39, 0.29) is 59.4 Å². The van der Waals surface area contributed by atoms with Crippen LogP contribution in [0.1, 0.15) is 55.3 Å². The SMILES string of the molecule is C[C@@H]1CCC[N+]1(C(=O)Cc1ccccc1)C(=O)Nc1ccc(C2NC3=C[N+](CC(=O)[C@@H]4CCCN4C(=O)Cc4ccccc4)=CCN3C2=O)cc1. The van der Waals surface area contributed by atoms with Crippen LogP contribution in [0.3, 0.4) is 0 Å². The summed E-state index contributed by atoms with van der Waals surface area (Å²) < 4.78 is 1.56. The Morgan fingerprint density at radius 2 is 1.57 bits per heavy atom. The molecule has 5 amide bonds. The third-order valence-electron chi connectivity index (χ3n) is 10.8. The predicted molar refractivity (Wildman–Crippen MR) is 191 cm³/mol. The first-order valence-electron chi connectivity index (χ1n) is 17.8. The summed E-state index contributed by atoms with van der Waals surface area (Å²) in [7, 11) is 0. The van der Waals surface area contributed by atoms with Crippen LogP contribution in [-0.2, 0) is 32.0 Å². The van der Waals surface area contributed by atoms with Crippen molar-refractivity contribution >= 4 is 41.4 Å². The van der Waals surface area contributed by atoms with E-state index in [2.05, 4.69) is 10.6 Å². The number of amides is 5. The lowest BCUT2D eigenvalue weighted by Crippen LogP contribution is -2.61. The van der Waals surface area contributed by atoms with Gasteiger partial charge in [0.2, 0.25) is 24.4 Å². The number of benzene rings is 3. The smallest absolute Gasteiger partial charge is 0.351 e. The molecular weight excluding hydrogens is 644 g/mol. The first kappa shape index (κ1) is 34.0. The van der Waals surface area contributed by atoms with E-state index in [4.69, 9.17) is 0 Å². The van der Waals surface area contributed by atoms with Crippen molar-refractivity contribution in [1.82, 2.24) is 15.1 Å². The van der Waals surface area contributed by atoms with Crippen molar-refractivity contribution in [2.45, 2.75) is 63.6 Å². The van der Waals surface area contributed by atoms with Gasteiger partial charge >= 0.3 is 11.9 Å². The van der Waals surface area contributed by atoms with Crippen molar-refractivity contribution in [1.29, 1.82) is 0 Å². The average molecular weight is 689 g/mol. The zero-order valence-corrected chi connectivity index (χ0v) is 28.9. The maximum absolute atomic E-state index is 13.8. The second-order valence-corrected chi connectivity index (χ2v) is 14.0. The summed E-state index contributed by atoms with van der Waals surface area (Å²) in [5.41, 5.74) is 3.10. The molecule has 4 aliphatic heterocycles. The minimum Gasteiger partial charge on any atom is -0.351 e. The topological polar surface area (TPSA) is 119 Å². The monoisotopic (exact) mass is 688 g/mol. The number of nitrogens with one attached hydrogen (secondary N) is 2. The summed E-state index contributed by atoms with van der Waals surface area (Å²) in [6.07, 6.45) is 7.09. The Labute approximate surface area is 297 Å². The molecule has 4 atom stereocenters. The summed E-state index contributed by atoms with van der Waals surface area (Å²) in [6.45, 7) is 3.43. The molecule has 3 fully saturated rings. The molecule has 4 aliphatic rings. The number of nitrogens with zero attached hydrogens (tertiary/aromatic N) is 4. The van der Waals surface area contributed by atoms with Gasteiger partial charge in [-0.25, -0.2) is 9.59 Å². The van der Waals surface area contributed by atoms with E-state index in [1.54, 1.807) is 44.8 Å². The van der Waals surface area contributed by atoms with Crippen LogP contribution >= 0.6 is 0 Å². The summed E-state index contributed by atoms with van der Waals surface area (Å²) in [5, 5.41) is 6.29. The van der Waals surface area contributed by atoms with Gasteiger partial charge in [-0.3, -0.25) is 24.6 Å². The van der Waals surface area contributed by atoms with Crippen LogP contribution in [0.2, 0.25) is 0 Å². The van der Waals surface area contributed by atoms with Crippen molar-refractivity contribution in [3.63, 3.8) is 0 Å². The largest absolute Gasteiger partial charge is 0.428 e. The van der Waals surface area contributed by atoms with Gasteiger partial charge in [-0.1, -0.05) is 72.8 Å². The van der Waals surface area contributed by atoms with Crippen LogP contribution in [0.15, 0.2) is 97.0 Å². The van der Waals surface area contributed by atoms with Crippen molar-refractivity contribution in [2.75, 3.05) is 31.5 Å². The number of fused-ring (bicyclic) bond motifs is 1. The first-order chi connectivity index (χ1) is 24.7. The Morgan fingerprint density at radius 3 is 2.24 bits per heavy atom. The summed E-state index contributed by atoms with van der Waals surface area (Å²) in [5.74, 6) is 0.311. The number of quaternary nitrogens is 1. The number of Topliss-reactive ketones (excluding diaryl/α,β-unsaturated/α-hetero) is 1. The molecule has 3 aromatic carbocycles. The van der Waals surface area contributed by atoms with Gasteiger partial charge in [-0.15, -0.1) is 0 Å². The fourth-order valence-corrected chi connectivity index (χ4v) is 7.90. The maximum Gasteiger partial charge on any atom is 0.428 e. The third kappa shape index (κ3) is 6.86. The molecule has 0 aliphatic carbocycles. The molecule has 2 N–H and O–H groups in total. The van der Waals surface area contributed by atoms with Gasteiger partial charge in [0.05, 0.1) is 25.4 Å². The van der Waals surface area contributed by atoms with Gasteiger partial charge in [-0.2, -0.15) is 9.06 Å². The lowest BCUT2D eigenvalue weighted by Gasteiger charge is -2.33. The molecule has 0 radical (unpaired) electrons. The van der Waals surface area contributed by atoms with Crippen LogP contribution < -0.4 is 10.6 Å². The quantitative estimate of drug-likeness (QED) is 0.258. The van der Waals surface area contributed by atoms with Crippen LogP contribution in [0.25, 0.3) is 0 Å². The molecular formula is C40H44N6O5+2. The van der Waals surface area contributed by atoms with E-state index in [0.29, 0.717) is 37.6 Å². The third-order valence-corrected chi connectivity index (χ3v) is 10.8. The Hall–Kier alpha value is -5.42. The van der Waals surface area contributed by atoms with E-state index >= 15 is 0 Å². The number of hydrogen-bond donors (Lipinski definition) is 2. The van der Waals surface area contributed by atoms with Gasteiger partial charge in [0.1, 0.15) is 18.6 Å². The standard InChI is InChI=1S/C40H43N6O5/c1-28-10-9-23-46(28,37(49)25-30-13-6-3-7-14-30)40(51)41-32-18-16-31(17-19-32)38-39(50)45-22-21-43(27-35(45)42-38)26-34(47)33-15-8-20-44(33)36(48)24-29-11-4-2-5-12-29/h2-7,11-14,16-19,21,27-28,33,38,42H,8-10,15,20,22-26H2,1H3/q+1/p+1/t28-,33+,38?,46?/m1/s1. The second kappa shape index (κ2) is 14.4. The normalized spacial score (nSPS) is 24.0. The summed E-state index contributed by atoms with van der Waals surface area (Å²) in [6, 6.07) is 24.7. The highest BCUT2D eigenvalue weighted by atomic mass is 16.2. The number of likely N-dealkylation sites (tertiary alicyclic amines) is 2. The van der Waals surface area contributed by atoms with E-state index in [9.17, 15) is 24.0 Å². The molecule has 11 nitrogen and oxygen atoms in total. The number of ketones is 1. The Morgan fingerprint density at radius 1 is 0.882 bits per heavy atom. The van der Waals surface area contributed by atoms with Crippen LogP contribution in [0.5, 0.6) is 0 Å². The molecule has 7 rings (SSSR count). The number of carbonyl (C=O) groups excluding carboxylic acids is 5. The van der Waals surface area contributed by atoms with Gasteiger partial charge in [-0.05, 0) is 48.6 Å². The second-order valence-electron chi connectivity index (χ2n) is 14.0. The van der Waals surface area contributed by atoms with Gasteiger partial charge in [0.15, 0.2) is 12.0 Å². The highest BCUT2D eigenvalue weighted by Crippen LogP contribution is 2.32. The number of imide groups is 1. The number of urea groups is 1. The lowest BCUT2D eigenvalue weighted by molar-refractivity contribution is -0.782. The number of anilines is 1. The number of hydrogen-bond acceptors (Lipinski definition) is 6. The molecule has 11 heteroatoms. The summed E-state index contributed by atoms with van der Waals surface area (Å²) in [4.78, 5) is 70.7. The first-order valence-corrected chi connectivity index (χ1v) is 17.8. The zero-order valence-electron chi connectivity index (χ0n) is 28.9. The van der Waals surface area contributed by atoms with E-state index in [0.717, 1.165) is 36.0 Å². The highest BCUT2D eigenvalue weighted by Gasteiger charge is 2.52. The average Bonchev–Trinajstić information content (AvgIpc) is 3.87. The Balaban J connectivity index is 0.974. The van der Waals surface area contributed by atoms with E-state index in [1.165, 1.54) is 0 Å². The van der Waals surface area contributed by atoms with E-state index in [1.807, 2.05) is 73.8 Å². The molecule has 3 saturated heterocycles. The molecule has 2 unspecified atom stereocenters. The fraction of sp³-hybridized carbons (Fsp3) is 0.350. The maximum atomic E-state index is 13.8. The van der Waals surface area contributed by atoms with Gasteiger partial charge in [0.25, 0.3) is 5.91 Å². The van der Waals surface area contributed by atoms with Crippen molar-refractivity contribution in [2.24, 2.45) is 0 Å². The molecule has 262 valence electrons. The molecule has 0 aromatic heterocycles. The van der Waals surface area contributed by atoms with Gasteiger partial charge < -0.3 is 10.2 Å². The fourth-order valence-electron chi connectivity index (χ4n) is 7.90. The van der Waals surface area contributed by atoms with E-state index < -0.39 is 12.1 Å². The minimum atomic E-state index is -0.629. The van der Waals surface area contributed by atoms with Gasteiger partial charge in [0, 0.05) is 25.1 Å². The molecule has 4 heterocycles. The Kier molecular flexibility index (Phi) is 9.64. The van der Waals surface area contributed by atoms with Crippen molar-refractivity contribution < 1.29 is 33.0 Å². The Bertz CT molecular complexity index is 1890. The molecule has 0 saturated carbocycles. The molecule has 3 aromatic rings. The lowest BCUT2D eigenvalue weighted by atomic mass is 10.1. The summed E-state index contributed by atoms with van der Waals surface area (Å²) >= 11 is 0. The van der Waals surface area contributed by atoms with Crippen molar-refractivity contribution in [3.05, 3.63) is 114 Å². The number of rotatable bonds is 9.